The summed E-state index contributed by atoms with van der Waals surface area (Å²) in [5.74, 6) is 0.645. The largest absolute Gasteiger partial charge is 0.393 e. The van der Waals surface area contributed by atoms with Gasteiger partial charge in [-0.15, -0.1) is 0 Å². The minimum atomic E-state index is -0.348. The highest BCUT2D eigenvalue weighted by Gasteiger charge is 2.44. The van der Waals surface area contributed by atoms with Crippen molar-refractivity contribution >= 4 is 11.7 Å². The van der Waals surface area contributed by atoms with Crippen LogP contribution in [-0.4, -0.2) is 45.7 Å². The Morgan fingerprint density at radius 1 is 1.25 bits per heavy atom. The molecule has 2 aliphatic heterocycles. The number of aliphatic hydroxyl groups excluding tert-OH is 1. The van der Waals surface area contributed by atoms with Crippen LogP contribution in [0.1, 0.15) is 60.3 Å². The van der Waals surface area contributed by atoms with E-state index >= 15 is 0 Å². The second-order valence-electron chi connectivity index (χ2n) is 8.01. The van der Waals surface area contributed by atoms with Gasteiger partial charge in [-0.1, -0.05) is 30.3 Å². The Morgan fingerprint density at radius 2 is 1.96 bits per heavy atom. The van der Waals surface area contributed by atoms with Gasteiger partial charge in [0, 0.05) is 32.1 Å². The fourth-order valence-electron chi connectivity index (χ4n) is 4.42. The van der Waals surface area contributed by atoms with E-state index in [4.69, 9.17) is 4.74 Å². The number of carbonyl (C=O) groups is 1. The quantitative estimate of drug-likeness (QED) is 0.823. The number of anilines is 1. The summed E-state index contributed by atoms with van der Waals surface area (Å²) in [6, 6.07) is 10.2. The van der Waals surface area contributed by atoms with E-state index < -0.39 is 0 Å². The lowest BCUT2D eigenvalue weighted by atomic mass is 9.81. The Labute approximate surface area is 165 Å². The second kappa shape index (κ2) is 7.60. The van der Waals surface area contributed by atoms with Crippen LogP contribution in [0.15, 0.2) is 36.5 Å². The number of hydrogen-bond donors (Lipinski definition) is 1. The van der Waals surface area contributed by atoms with Crippen molar-refractivity contribution in [1.29, 1.82) is 0 Å². The average molecular weight is 381 g/mol. The molecular weight excluding hydrogens is 354 g/mol. The van der Waals surface area contributed by atoms with Crippen molar-refractivity contribution in [2.75, 3.05) is 18.0 Å². The summed E-state index contributed by atoms with van der Waals surface area (Å²) in [6.45, 7) is 4.92. The number of carbonyl (C=O) groups excluding carboxylic acids is 1. The Bertz CT molecular complexity index is 847. The van der Waals surface area contributed by atoms with Crippen molar-refractivity contribution in [3.05, 3.63) is 53.3 Å². The Kier molecular flexibility index (Phi) is 5.17. The number of Topliss-reactive ketones (excluding diaryl/α,β-unsaturated/α-hetero) is 1. The number of aliphatic hydroxyl groups is 1. The summed E-state index contributed by atoms with van der Waals surface area (Å²) < 4.78 is 6.56. The zero-order chi connectivity index (χ0) is 19.7. The molecule has 0 saturated carbocycles. The first kappa shape index (κ1) is 19.0. The van der Waals surface area contributed by atoms with E-state index in [-0.39, 0.29) is 23.6 Å². The number of nitrogens with zero attached hydrogens (tertiary/aromatic N) is 3. The van der Waals surface area contributed by atoms with Gasteiger partial charge in [0.1, 0.15) is 0 Å². The van der Waals surface area contributed by atoms with Gasteiger partial charge < -0.3 is 14.7 Å². The molecule has 1 aromatic carbocycles. The lowest BCUT2D eigenvalue weighted by molar-refractivity contribution is -0.173. The van der Waals surface area contributed by atoms with Crippen LogP contribution in [0.3, 0.4) is 0 Å². The summed E-state index contributed by atoms with van der Waals surface area (Å²) in [5.41, 5.74) is 2.11. The van der Waals surface area contributed by atoms with Crippen molar-refractivity contribution in [2.45, 2.75) is 57.3 Å². The van der Waals surface area contributed by atoms with Crippen molar-refractivity contribution in [3.63, 3.8) is 0 Å². The molecule has 3 heterocycles. The van der Waals surface area contributed by atoms with E-state index in [1.807, 2.05) is 25.1 Å². The van der Waals surface area contributed by atoms with Crippen molar-refractivity contribution in [1.82, 2.24) is 9.97 Å². The molecule has 2 aliphatic rings. The standard InChI is InChI=1S/C22H27N3O3/c1-15-19(16(2)26)14-23-21(24-15)25-10-8-22(9-11-25)13-18(27)12-20(28-22)17-6-4-3-5-7-17/h3-7,14,18,20,27H,8-13H2,1-2H3/t18-,20+/m0/s1. The SMILES string of the molecule is CC(=O)c1cnc(N2CCC3(CC2)C[C@@H](O)C[C@H](c2ccccc2)O3)nc1C. The topological polar surface area (TPSA) is 75.6 Å². The van der Waals surface area contributed by atoms with E-state index in [1.54, 1.807) is 6.20 Å². The van der Waals surface area contributed by atoms with Gasteiger partial charge in [-0.2, -0.15) is 0 Å². The summed E-state index contributed by atoms with van der Waals surface area (Å²) in [4.78, 5) is 22.7. The third-order valence-electron chi connectivity index (χ3n) is 5.96. The number of aryl methyl sites for hydroxylation is 1. The van der Waals surface area contributed by atoms with E-state index in [1.165, 1.54) is 6.92 Å². The smallest absolute Gasteiger partial charge is 0.225 e. The summed E-state index contributed by atoms with van der Waals surface area (Å²) >= 11 is 0. The number of hydrogen-bond acceptors (Lipinski definition) is 6. The first-order valence-corrected chi connectivity index (χ1v) is 9.96. The van der Waals surface area contributed by atoms with Gasteiger partial charge in [0.05, 0.1) is 29.1 Å². The molecule has 1 N–H and O–H groups in total. The fourth-order valence-corrected chi connectivity index (χ4v) is 4.42. The third kappa shape index (κ3) is 3.80. The molecule has 6 heteroatoms. The molecule has 2 fully saturated rings. The van der Waals surface area contributed by atoms with Gasteiger partial charge in [-0.3, -0.25) is 4.79 Å². The Balaban J connectivity index is 1.47. The van der Waals surface area contributed by atoms with Crippen LogP contribution in [-0.2, 0) is 4.74 Å². The minimum Gasteiger partial charge on any atom is -0.393 e. The van der Waals surface area contributed by atoms with E-state index in [9.17, 15) is 9.90 Å². The van der Waals surface area contributed by atoms with E-state index in [0.717, 1.165) is 31.5 Å². The molecule has 0 bridgehead atoms. The zero-order valence-corrected chi connectivity index (χ0v) is 16.5. The van der Waals surface area contributed by atoms with Gasteiger partial charge in [0.2, 0.25) is 5.95 Å². The highest BCUT2D eigenvalue weighted by Crippen LogP contribution is 2.43. The molecule has 148 valence electrons. The van der Waals surface area contributed by atoms with E-state index in [2.05, 4.69) is 27.0 Å². The van der Waals surface area contributed by atoms with Crippen LogP contribution in [0.25, 0.3) is 0 Å². The predicted octanol–water partition coefficient (Wildman–Crippen LogP) is 3.24. The Morgan fingerprint density at radius 3 is 2.61 bits per heavy atom. The zero-order valence-electron chi connectivity index (χ0n) is 16.5. The first-order chi connectivity index (χ1) is 13.5. The second-order valence-corrected chi connectivity index (χ2v) is 8.01. The number of benzene rings is 1. The highest BCUT2D eigenvalue weighted by atomic mass is 16.5. The van der Waals surface area contributed by atoms with Gasteiger partial charge >= 0.3 is 0 Å². The summed E-state index contributed by atoms with van der Waals surface area (Å²) in [6.07, 6.45) is 4.17. The highest BCUT2D eigenvalue weighted by molar-refractivity contribution is 5.94. The molecule has 28 heavy (non-hydrogen) atoms. The number of ketones is 1. The Hall–Kier alpha value is -2.31. The normalized spacial score (nSPS) is 24.3. The van der Waals surface area contributed by atoms with Crippen molar-refractivity contribution in [2.24, 2.45) is 0 Å². The third-order valence-corrected chi connectivity index (χ3v) is 5.96. The molecule has 1 spiro atoms. The summed E-state index contributed by atoms with van der Waals surface area (Å²) in [7, 11) is 0. The summed E-state index contributed by atoms with van der Waals surface area (Å²) in [5, 5.41) is 10.5. The lowest BCUT2D eigenvalue weighted by Gasteiger charge is -2.48. The molecular formula is C22H27N3O3. The number of piperidine rings is 1. The molecule has 0 amide bonds. The molecule has 6 nitrogen and oxygen atoms in total. The molecule has 4 rings (SSSR count). The van der Waals surface area contributed by atoms with Crippen LogP contribution in [0.5, 0.6) is 0 Å². The molecule has 2 aromatic rings. The fraction of sp³-hybridized carbons (Fsp3) is 0.500. The van der Waals surface area contributed by atoms with Crippen LogP contribution in [0, 0.1) is 6.92 Å². The van der Waals surface area contributed by atoms with Gasteiger partial charge in [-0.05, 0) is 32.3 Å². The molecule has 0 unspecified atom stereocenters. The monoisotopic (exact) mass is 381 g/mol. The maximum absolute atomic E-state index is 11.6. The maximum atomic E-state index is 11.6. The number of ether oxygens (including phenoxy) is 1. The molecule has 2 atom stereocenters. The minimum absolute atomic E-state index is 0.0156. The first-order valence-electron chi connectivity index (χ1n) is 9.96. The lowest BCUT2D eigenvalue weighted by Crippen LogP contribution is -2.51. The molecule has 1 aromatic heterocycles. The van der Waals surface area contributed by atoms with Crippen molar-refractivity contribution < 1.29 is 14.6 Å². The van der Waals surface area contributed by atoms with Gasteiger partial charge in [-0.25, -0.2) is 9.97 Å². The predicted molar refractivity (Wildman–Crippen MR) is 106 cm³/mol. The number of aromatic nitrogens is 2. The average Bonchev–Trinajstić information content (AvgIpc) is 2.68. The van der Waals surface area contributed by atoms with E-state index in [0.29, 0.717) is 30.0 Å². The van der Waals surface area contributed by atoms with Gasteiger partial charge in [0.15, 0.2) is 5.78 Å². The molecule has 0 radical (unpaired) electrons. The van der Waals surface area contributed by atoms with Crippen LogP contribution >= 0.6 is 0 Å². The van der Waals surface area contributed by atoms with Crippen LogP contribution in [0.4, 0.5) is 5.95 Å². The molecule has 2 saturated heterocycles. The van der Waals surface area contributed by atoms with Gasteiger partial charge in [0.25, 0.3) is 0 Å². The maximum Gasteiger partial charge on any atom is 0.225 e. The number of rotatable bonds is 3. The van der Waals surface area contributed by atoms with Crippen LogP contribution in [0.2, 0.25) is 0 Å². The van der Waals surface area contributed by atoms with Crippen molar-refractivity contribution in [3.8, 4) is 0 Å². The van der Waals surface area contributed by atoms with Crippen LogP contribution < -0.4 is 4.90 Å². The molecule has 0 aliphatic carbocycles.